The molecule has 14 N–H and O–H groups in total. The Labute approximate surface area is 390 Å². The Balaban J connectivity index is 1.23. The van der Waals surface area contributed by atoms with E-state index < -0.39 is 161 Å². The Morgan fingerprint density at radius 2 is 0.691 bits per heavy atom. The number of allylic oxidation sites excluding steroid dienone is 12. The number of aliphatic hydroxyl groups is 14. The normalized spacial score (nSPS) is 40.3. The van der Waals surface area contributed by atoms with Gasteiger partial charge in [-0.1, -0.05) is 71.9 Å². The van der Waals surface area contributed by atoms with Crippen LogP contribution in [0.25, 0.3) is 0 Å². The Kier molecular flexibility index (Phi) is 22.2. The summed E-state index contributed by atoms with van der Waals surface area (Å²) in [6, 6.07) is 0. The third-order valence-corrected chi connectivity index (χ3v) is 11.2. The maximum atomic E-state index is 12.8. The Morgan fingerprint density at radius 3 is 1.01 bits per heavy atom. The summed E-state index contributed by atoms with van der Waals surface area (Å²) in [7, 11) is 0. The molecule has 0 aromatic rings. The summed E-state index contributed by atoms with van der Waals surface area (Å²) in [6.45, 7) is 3.80. The van der Waals surface area contributed by atoms with Crippen LogP contribution in [0.15, 0.2) is 83.1 Å². The first-order valence-electron chi connectivity index (χ1n) is 21.5. The predicted molar refractivity (Wildman–Crippen MR) is 227 cm³/mol. The molecule has 24 nitrogen and oxygen atoms in total. The van der Waals surface area contributed by atoms with Gasteiger partial charge in [0.25, 0.3) is 0 Å². The van der Waals surface area contributed by atoms with Crippen molar-refractivity contribution in [3.05, 3.63) is 83.1 Å². The van der Waals surface area contributed by atoms with E-state index in [2.05, 4.69) is 0 Å². The van der Waals surface area contributed by atoms with Gasteiger partial charge >= 0.3 is 11.9 Å². The molecule has 24 heteroatoms. The molecule has 0 saturated carbocycles. The fraction of sp³-hybridized carbons (Fsp3) is 0.636. The highest BCUT2D eigenvalue weighted by Crippen LogP contribution is 2.28. The smallest absolute Gasteiger partial charge is 0.336 e. The number of carbonyl (C=O) groups is 2. The molecule has 20 atom stereocenters. The highest BCUT2D eigenvalue weighted by molar-refractivity contribution is 5.88. The second-order valence-electron chi connectivity index (χ2n) is 16.5. The first-order valence-corrected chi connectivity index (χ1v) is 21.5. The number of hydrogen-bond acceptors (Lipinski definition) is 24. The van der Waals surface area contributed by atoms with Crippen LogP contribution in [0, 0.1) is 0 Å². The van der Waals surface area contributed by atoms with Crippen LogP contribution in [0.3, 0.4) is 0 Å². The van der Waals surface area contributed by atoms with E-state index in [1.807, 2.05) is 0 Å². The lowest BCUT2D eigenvalue weighted by Crippen LogP contribution is -2.61. The number of rotatable bonds is 18. The summed E-state index contributed by atoms with van der Waals surface area (Å²) in [4.78, 5) is 25.6. The maximum Gasteiger partial charge on any atom is 0.336 e. The standard InChI is InChI=1S/C44H64O24/c1-19(11-7-13-21(3)39(59)67-43-37(57)33(53)29(49)25(65-43)17-61-41-35(55)31(51)27(47)23(15-45)63-41)9-5-6-10-20(2)12-8-14-22(4)40(60)68-44-38(58)34(54)30(50)26(66-44)18-62-42-36(56)32(52)28(48)24(16-46)64-42/h5-14,23-38,41-58H,15-18H2,1-4H3/b6-5+,11-7+,12-8+,19-9+,20-10+,21-13+,22-14+/t23-,24-,25-,26-,27-,28-,29-,30-,31+,32+,33+,34+,35-,36-,37-,38-,41-,42-,43?,44?/m1/s1. The monoisotopic (exact) mass is 976 g/mol. The van der Waals surface area contributed by atoms with Crippen LogP contribution in [0.4, 0.5) is 0 Å². The van der Waals surface area contributed by atoms with E-state index in [0.29, 0.717) is 0 Å². The van der Waals surface area contributed by atoms with E-state index in [1.54, 1.807) is 62.5 Å². The minimum Gasteiger partial charge on any atom is -0.429 e. The number of ether oxygens (including phenoxy) is 8. The summed E-state index contributed by atoms with van der Waals surface area (Å²) < 4.78 is 42.7. The number of aliphatic hydroxyl groups excluding tert-OH is 14. The van der Waals surface area contributed by atoms with Crippen LogP contribution in [-0.2, 0) is 47.5 Å². The van der Waals surface area contributed by atoms with Crippen LogP contribution in [0.1, 0.15) is 27.7 Å². The SMILES string of the molecule is CC(/C=C/C=C(\C)C(=O)OC1O[C@H](CO[C@@H]2O[C@H](CO)[C@@H](O)[C@H](O)[C@H]2O)[C@@H](O)[C@H](O)[C@H]1O)=C\C=C\C=C(C)\C=C\C=C(/C)C(=O)OC1O[C@H](CO[C@@H]2O[C@H](CO)[C@@H](O)[C@H](O)[C@H]2O)[C@@H](O)[C@H](O)[C@H]1O. The van der Waals surface area contributed by atoms with Crippen molar-refractivity contribution >= 4 is 11.9 Å². The second kappa shape index (κ2) is 26.5. The van der Waals surface area contributed by atoms with Gasteiger partial charge in [-0.3, -0.25) is 0 Å². The summed E-state index contributed by atoms with van der Waals surface area (Å²) in [5.74, 6) is -1.86. The van der Waals surface area contributed by atoms with Gasteiger partial charge in [-0.15, -0.1) is 0 Å². The molecular formula is C44H64O24. The van der Waals surface area contributed by atoms with Gasteiger partial charge in [0.05, 0.1) is 26.4 Å². The van der Waals surface area contributed by atoms with E-state index in [0.717, 1.165) is 11.1 Å². The largest absolute Gasteiger partial charge is 0.429 e. The Hall–Kier alpha value is -3.68. The van der Waals surface area contributed by atoms with Crippen LogP contribution < -0.4 is 0 Å². The molecule has 0 spiro atoms. The summed E-state index contributed by atoms with van der Waals surface area (Å²) >= 11 is 0. The van der Waals surface area contributed by atoms with Gasteiger partial charge in [0.2, 0.25) is 12.6 Å². The molecule has 68 heavy (non-hydrogen) atoms. The van der Waals surface area contributed by atoms with Crippen LogP contribution in [0.2, 0.25) is 0 Å². The third kappa shape index (κ3) is 14.9. The maximum absolute atomic E-state index is 12.8. The molecule has 4 heterocycles. The lowest BCUT2D eigenvalue weighted by molar-refractivity contribution is -0.326. The van der Waals surface area contributed by atoms with Crippen LogP contribution in [-0.4, -0.2) is 233 Å². The van der Waals surface area contributed by atoms with E-state index in [-0.39, 0.29) is 11.1 Å². The molecule has 4 saturated heterocycles. The van der Waals surface area contributed by atoms with E-state index in [4.69, 9.17) is 37.9 Å². The van der Waals surface area contributed by atoms with Gasteiger partial charge in [0.1, 0.15) is 97.7 Å². The van der Waals surface area contributed by atoms with E-state index in [9.17, 15) is 81.1 Å². The van der Waals surface area contributed by atoms with Gasteiger partial charge in [-0.05, 0) is 27.7 Å². The molecular weight excluding hydrogens is 912 g/mol. The highest BCUT2D eigenvalue weighted by Gasteiger charge is 2.50. The molecule has 4 aliphatic heterocycles. The molecule has 2 unspecified atom stereocenters. The molecule has 4 aliphatic rings. The second-order valence-corrected chi connectivity index (χ2v) is 16.5. The van der Waals surface area contributed by atoms with Crippen molar-refractivity contribution in [2.75, 3.05) is 26.4 Å². The van der Waals surface area contributed by atoms with Crippen LogP contribution in [0.5, 0.6) is 0 Å². The van der Waals surface area contributed by atoms with E-state index in [1.165, 1.54) is 26.0 Å². The predicted octanol–water partition coefficient (Wildman–Crippen LogP) is -5.23. The lowest BCUT2D eigenvalue weighted by atomic mass is 9.98. The lowest BCUT2D eigenvalue weighted by Gasteiger charge is -2.42. The molecule has 0 amide bonds. The topological polar surface area (TPSA) is 391 Å². The van der Waals surface area contributed by atoms with Crippen molar-refractivity contribution < 1.29 is 119 Å². The molecule has 0 aliphatic carbocycles. The zero-order valence-electron chi connectivity index (χ0n) is 37.5. The van der Waals surface area contributed by atoms with Crippen molar-refractivity contribution in [1.82, 2.24) is 0 Å². The zero-order chi connectivity index (χ0) is 50.6. The summed E-state index contributed by atoms with van der Waals surface area (Å²) in [5.41, 5.74) is 1.68. The highest BCUT2D eigenvalue weighted by atomic mass is 16.8. The third-order valence-electron chi connectivity index (χ3n) is 11.2. The van der Waals surface area contributed by atoms with Crippen LogP contribution >= 0.6 is 0 Å². The Morgan fingerprint density at radius 1 is 0.397 bits per heavy atom. The number of esters is 2. The first kappa shape index (κ1) is 56.9. The zero-order valence-corrected chi connectivity index (χ0v) is 37.5. The molecule has 0 radical (unpaired) electrons. The Bertz CT molecular complexity index is 1730. The number of hydrogen-bond donors (Lipinski definition) is 14. The van der Waals surface area contributed by atoms with Crippen molar-refractivity contribution in [2.45, 2.75) is 151 Å². The van der Waals surface area contributed by atoms with Gasteiger partial charge < -0.3 is 109 Å². The molecule has 0 bridgehead atoms. The van der Waals surface area contributed by atoms with Gasteiger partial charge in [-0.25, -0.2) is 9.59 Å². The number of carbonyl (C=O) groups excluding carboxylic acids is 2. The minimum absolute atomic E-state index is 0.0726. The van der Waals surface area contributed by atoms with E-state index >= 15 is 0 Å². The fourth-order valence-corrected chi connectivity index (χ4v) is 6.84. The van der Waals surface area contributed by atoms with Crippen molar-refractivity contribution in [2.24, 2.45) is 0 Å². The molecule has 4 fully saturated rings. The van der Waals surface area contributed by atoms with Crippen molar-refractivity contribution in [3.8, 4) is 0 Å². The summed E-state index contributed by atoms with van der Waals surface area (Å²) in [5, 5.41) is 142. The molecule has 384 valence electrons. The van der Waals surface area contributed by atoms with Gasteiger partial charge in [0.15, 0.2) is 12.6 Å². The molecule has 4 rings (SSSR count). The average molecular weight is 977 g/mol. The first-order chi connectivity index (χ1) is 32.1. The fourth-order valence-electron chi connectivity index (χ4n) is 6.84. The quantitative estimate of drug-likeness (QED) is 0.0347. The minimum atomic E-state index is -1.86. The van der Waals surface area contributed by atoms with Gasteiger partial charge in [0, 0.05) is 11.1 Å². The molecule has 0 aromatic heterocycles. The average Bonchev–Trinajstić information content (AvgIpc) is 3.31. The van der Waals surface area contributed by atoms with Crippen molar-refractivity contribution in [1.29, 1.82) is 0 Å². The molecule has 0 aromatic carbocycles. The van der Waals surface area contributed by atoms with Gasteiger partial charge in [-0.2, -0.15) is 0 Å². The van der Waals surface area contributed by atoms with Crippen molar-refractivity contribution in [3.63, 3.8) is 0 Å². The summed E-state index contributed by atoms with van der Waals surface area (Å²) in [6.07, 6.45) is -16.8.